The Morgan fingerprint density at radius 2 is 1.86 bits per heavy atom. The van der Waals surface area contributed by atoms with Gasteiger partial charge in [-0.3, -0.25) is 0 Å². The molecule has 2 saturated heterocycles. The van der Waals surface area contributed by atoms with Crippen molar-refractivity contribution in [3.8, 4) is 0 Å². The first-order chi connectivity index (χ1) is 17.2. The lowest BCUT2D eigenvalue weighted by atomic mass is 10.1. The number of anilines is 2. The number of carbonyl (C=O) groups is 1. The van der Waals surface area contributed by atoms with Crippen LogP contribution in [0.25, 0.3) is 0 Å². The van der Waals surface area contributed by atoms with Gasteiger partial charge in [-0.25, -0.2) is 4.79 Å². The van der Waals surface area contributed by atoms with Crippen LogP contribution in [0.1, 0.15) is 54.9 Å². The van der Waals surface area contributed by atoms with E-state index in [9.17, 15) is 4.79 Å². The van der Waals surface area contributed by atoms with Gasteiger partial charge >= 0.3 is 5.97 Å². The zero-order valence-corrected chi connectivity index (χ0v) is 21.0. The third-order valence-corrected chi connectivity index (χ3v) is 7.67. The number of nitrogens with one attached hydrogen (secondary N) is 1. The van der Waals surface area contributed by atoms with Crippen molar-refractivity contribution in [1.29, 1.82) is 0 Å². The Balaban J connectivity index is 1.35. The Morgan fingerprint density at radius 3 is 2.57 bits per heavy atom. The number of carbonyl (C=O) groups excluding carboxylic acids is 1. The van der Waals surface area contributed by atoms with Crippen LogP contribution in [0, 0.1) is 5.92 Å². The summed E-state index contributed by atoms with van der Waals surface area (Å²) in [6.45, 7) is 8.70. The van der Waals surface area contributed by atoms with Gasteiger partial charge in [0.05, 0.1) is 11.3 Å². The Labute approximate surface area is 209 Å². The highest BCUT2D eigenvalue weighted by Crippen LogP contribution is 2.39. The molecule has 3 aliphatic rings. The minimum Gasteiger partial charge on any atom is -0.457 e. The summed E-state index contributed by atoms with van der Waals surface area (Å²) >= 11 is 0. The molecule has 0 spiro atoms. The van der Waals surface area contributed by atoms with Crippen LogP contribution < -0.4 is 10.2 Å². The van der Waals surface area contributed by atoms with E-state index in [-0.39, 0.29) is 12.6 Å². The van der Waals surface area contributed by atoms with Crippen LogP contribution in [0.2, 0.25) is 0 Å². The second-order valence-corrected chi connectivity index (χ2v) is 10.3. The lowest BCUT2D eigenvalue weighted by molar-refractivity contribution is 0.0473. The smallest absolute Gasteiger partial charge is 0.340 e. The van der Waals surface area contributed by atoms with Crippen molar-refractivity contribution in [2.75, 3.05) is 49.6 Å². The minimum atomic E-state index is -0.279. The van der Waals surface area contributed by atoms with Crippen molar-refractivity contribution in [2.45, 2.75) is 57.7 Å². The van der Waals surface area contributed by atoms with Crippen LogP contribution in [-0.4, -0.2) is 62.3 Å². The highest BCUT2D eigenvalue weighted by Gasteiger charge is 2.38. The number of hydrogen-bond acceptors (Lipinski definition) is 6. The molecule has 2 heterocycles. The summed E-state index contributed by atoms with van der Waals surface area (Å²) in [7, 11) is 0. The standard InChI is InChI=1S/C29H39N3O3/c1-22-19-28(22)32(16-15-31-13-5-6-14-31)25-9-10-26(27(20-25)30-24-11-17-34-18-12-24)29(33)35-21-23-7-3-2-4-8-23/h2-4,7-10,20,22,24,28,30H,5-6,11-19,21H2,1H3. The zero-order chi connectivity index (χ0) is 24.0. The summed E-state index contributed by atoms with van der Waals surface area (Å²) in [5.74, 6) is 0.439. The lowest BCUT2D eigenvalue weighted by Crippen LogP contribution is -2.36. The summed E-state index contributed by atoms with van der Waals surface area (Å²) in [4.78, 5) is 18.3. The fraction of sp³-hybridized carbons (Fsp3) is 0.552. The molecule has 1 aliphatic carbocycles. The maximum Gasteiger partial charge on any atom is 0.340 e. The van der Waals surface area contributed by atoms with E-state index in [1.54, 1.807) is 0 Å². The van der Waals surface area contributed by atoms with E-state index in [4.69, 9.17) is 9.47 Å². The van der Waals surface area contributed by atoms with E-state index in [0.29, 0.717) is 17.6 Å². The molecule has 6 heteroatoms. The molecule has 2 aliphatic heterocycles. The fourth-order valence-corrected chi connectivity index (χ4v) is 5.35. The van der Waals surface area contributed by atoms with Gasteiger partial charge in [-0.15, -0.1) is 0 Å². The molecular formula is C29H39N3O3. The molecule has 35 heavy (non-hydrogen) atoms. The van der Waals surface area contributed by atoms with Crippen molar-refractivity contribution in [2.24, 2.45) is 5.92 Å². The zero-order valence-electron chi connectivity index (χ0n) is 21.0. The highest BCUT2D eigenvalue weighted by atomic mass is 16.5. The Morgan fingerprint density at radius 1 is 1.11 bits per heavy atom. The molecule has 0 amide bonds. The van der Waals surface area contributed by atoms with Crippen LogP contribution in [0.5, 0.6) is 0 Å². The van der Waals surface area contributed by atoms with E-state index < -0.39 is 0 Å². The van der Waals surface area contributed by atoms with E-state index in [1.165, 1.54) is 38.0 Å². The fourth-order valence-electron chi connectivity index (χ4n) is 5.35. The van der Waals surface area contributed by atoms with Crippen LogP contribution in [0.15, 0.2) is 48.5 Å². The van der Waals surface area contributed by atoms with Gasteiger partial charge in [0.1, 0.15) is 6.61 Å². The molecule has 1 N–H and O–H groups in total. The first-order valence-electron chi connectivity index (χ1n) is 13.4. The summed E-state index contributed by atoms with van der Waals surface area (Å²) in [6.07, 6.45) is 5.77. The number of benzene rings is 2. The SMILES string of the molecule is CC1CC1N(CCN1CCCC1)c1ccc(C(=O)OCc2ccccc2)c(NC2CCOCC2)c1. The van der Waals surface area contributed by atoms with Gasteiger partial charge in [0.2, 0.25) is 0 Å². The Bertz CT molecular complexity index is 970. The summed E-state index contributed by atoms with van der Waals surface area (Å²) in [5.41, 5.74) is 3.69. The van der Waals surface area contributed by atoms with Gasteiger partial charge in [0.25, 0.3) is 0 Å². The van der Waals surface area contributed by atoms with Gasteiger partial charge in [0, 0.05) is 44.1 Å². The molecule has 5 rings (SSSR count). The largest absolute Gasteiger partial charge is 0.457 e. The first kappa shape index (κ1) is 24.1. The van der Waals surface area contributed by atoms with E-state index in [1.807, 2.05) is 36.4 Å². The predicted molar refractivity (Wildman–Crippen MR) is 140 cm³/mol. The first-order valence-corrected chi connectivity index (χ1v) is 13.4. The monoisotopic (exact) mass is 477 g/mol. The van der Waals surface area contributed by atoms with E-state index in [2.05, 4.69) is 34.2 Å². The van der Waals surface area contributed by atoms with Crippen LogP contribution in [0.4, 0.5) is 11.4 Å². The third-order valence-electron chi connectivity index (χ3n) is 7.67. The highest BCUT2D eigenvalue weighted by molar-refractivity contribution is 5.96. The van der Waals surface area contributed by atoms with Crippen molar-refractivity contribution >= 4 is 17.3 Å². The number of ether oxygens (including phenoxy) is 2. The Kier molecular flexibility index (Phi) is 7.89. The van der Waals surface area contributed by atoms with Crippen molar-refractivity contribution in [1.82, 2.24) is 4.90 Å². The van der Waals surface area contributed by atoms with E-state index >= 15 is 0 Å². The van der Waals surface area contributed by atoms with E-state index in [0.717, 1.165) is 56.3 Å². The maximum absolute atomic E-state index is 13.2. The molecule has 3 fully saturated rings. The van der Waals surface area contributed by atoms with Gasteiger partial charge in [-0.1, -0.05) is 37.3 Å². The van der Waals surface area contributed by atoms with Crippen LogP contribution in [-0.2, 0) is 16.1 Å². The molecule has 0 bridgehead atoms. The number of likely N-dealkylation sites (tertiary alicyclic amines) is 1. The molecule has 1 saturated carbocycles. The molecular weight excluding hydrogens is 438 g/mol. The van der Waals surface area contributed by atoms with Gasteiger partial charge < -0.3 is 24.6 Å². The molecule has 2 unspecified atom stereocenters. The average Bonchev–Trinajstić information content (AvgIpc) is 3.37. The predicted octanol–water partition coefficient (Wildman–Crippen LogP) is 4.95. The van der Waals surface area contributed by atoms with Gasteiger partial charge in [-0.2, -0.15) is 0 Å². The van der Waals surface area contributed by atoms with Crippen LogP contribution >= 0.6 is 0 Å². The molecule has 0 aromatic heterocycles. The Hall–Kier alpha value is -2.57. The number of esters is 1. The molecule has 0 radical (unpaired) electrons. The molecule has 2 atom stereocenters. The summed E-state index contributed by atoms with van der Waals surface area (Å²) in [5, 5.41) is 3.67. The molecule has 2 aromatic rings. The van der Waals surface area contributed by atoms with Gasteiger partial charge in [-0.05, 0) is 74.9 Å². The molecule has 6 nitrogen and oxygen atoms in total. The third kappa shape index (κ3) is 6.36. The molecule has 2 aromatic carbocycles. The topological polar surface area (TPSA) is 54.0 Å². The number of hydrogen-bond donors (Lipinski definition) is 1. The van der Waals surface area contributed by atoms with Crippen LogP contribution in [0.3, 0.4) is 0 Å². The van der Waals surface area contributed by atoms with Gasteiger partial charge in [0.15, 0.2) is 0 Å². The quantitative estimate of drug-likeness (QED) is 0.489. The normalized spacial score (nSPS) is 22.7. The second kappa shape index (κ2) is 11.4. The van der Waals surface area contributed by atoms with Crippen molar-refractivity contribution in [3.63, 3.8) is 0 Å². The van der Waals surface area contributed by atoms with Crippen molar-refractivity contribution < 1.29 is 14.3 Å². The molecule has 188 valence electrons. The summed E-state index contributed by atoms with van der Waals surface area (Å²) < 4.78 is 11.3. The van der Waals surface area contributed by atoms with Crippen molar-refractivity contribution in [3.05, 3.63) is 59.7 Å². The second-order valence-electron chi connectivity index (χ2n) is 10.3. The average molecular weight is 478 g/mol. The lowest BCUT2D eigenvalue weighted by Gasteiger charge is -2.30. The number of rotatable bonds is 10. The maximum atomic E-state index is 13.2. The minimum absolute atomic E-state index is 0.277. The number of nitrogens with zero attached hydrogens (tertiary/aromatic N) is 2. The summed E-state index contributed by atoms with van der Waals surface area (Å²) in [6, 6.07) is 17.0.